The molecule has 100 valence electrons. The van der Waals surface area contributed by atoms with E-state index in [9.17, 15) is 0 Å². The zero-order chi connectivity index (χ0) is 13.3. The first-order valence-electron chi connectivity index (χ1n) is 6.43. The molecular formula is C14H20BrClN2. The first-order valence-corrected chi connectivity index (χ1v) is 7.60. The Morgan fingerprint density at radius 2 is 2.22 bits per heavy atom. The van der Waals surface area contributed by atoms with Crippen LogP contribution in [0.1, 0.15) is 31.9 Å². The van der Waals surface area contributed by atoms with Crippen molar-refractivity contribution in [1.29, 1.82) is 0 Å². The average Bonchev–Trinajstić information content (AvgIpc) is 2.64. The van der Waals surface area contributed by atoms with E-state index in [0.717, 1.165) is 22.0 Å². The number of nitrogens with two attached hydrogens (primary N) is 1. The van der Waals surface area contributed by atoms with Crippen molar-refractivity contribution in [3.63, 3.8) is 0 Å². The van der Waals surface area contributed by atoms with Crippen LogP contribution in [-0.4, -0.2) is 24.0 Å². The quantitative estimate of drug-likeness (QED) is 0.912. The van der Waals surface area contributed by atoms with Gasteiger partial charge in [0.05, 0.1) is 0 Å². The predicted molar refractivity (Wildman–Crippen MR) is 80.9 cm³/mol. The van der Waals surface area contributed by atoms with Crippen LogP contribution in [-0.2, 0) is 0 Å². The molecule has 1 aliphatic heterocycles. The molecule has 0 bridgehead atoms. The molecule has 0 spiro atoms. The highest BCUT2D eigenvalue weighted by molar-refractivity contribution is 9.10. The van der Waals surface area contributed by atoms with Crippen LogP contribution in [0.5, 0.6) is 0 Å². The van der Waals surface area contributed by atoms with Crippen molar-refractivity contribution >= 4 is 27.5 Å². The van der Waals surface area contributed by atoms with Crippen LogP contribution in [0, 0.1) is 5.92 Å². The highest BCUT2D eigenvalue weighted by Gasteiger charge is 2.32. The van der Waals surface area contributed by atoms with Crippen molar-refractivity contribution in [2.24, 2.45) is 11.7 Å². The molecule has 4 heteroatoms. The number of hydrogen-bond acceptors (Lipinski definition) is 2. The van der Waals surface area contributed by atoms with Crippen LogP contribution in [0.4, 0.5) is 0 Å². The summed E-state index contributed by atoms with van der Waals surface area (Å²) in [5.74, 6) is 0.743. The smallest absolute Gasteiger partial charge is 0.0485 e. The molecule has 2 nitrogen and oxygen atoms in total. The van der Waals surface area contributed by atoms with Gasteiger partial charge >= 0.3 is 0 Å². The fraction of sp³-hybridized carbons (Fsp3) is 0.571. The zero-order valence-corrected chi connectivity index (χ0v) is 13.2. The van der Waals surface area contributed by atoms with Gasteiger partial charge in [0.15, 0.2) is 0 Å². The Morgan fingerprint density at radius 3 is 2.78 bits per heavy atom. The van der Waals surface area contributed by atoms with E-state index in [2.05, 4.69) is 34.7 Å². The molecule has 0 aromatic heterocycles. The zero-order valence-electron chi connectivity index (χ0n) is 10.9. The molecular weight excluding hydrogens is 312 g/mol. The SMILES string of the molecule is CC1CC(C)N(C(CN)c2cc(Cl)ccc2Br)C1. The maximum atomic E-state index is 6.11. The third kappa shape index (κ3) is 2.90. The second kappa shape index (κ2) is 5.91. The molecule has 0 aliphatic carbocycles. The topological polar surface area (TPSA) is 29.3 Å². The Bertz CT molecular complexity index is 424. The molecule has 1 aliphatic rings. The lowest BCUT2D eigenvalue weighted by molar-refractivity contribution is 0.192. The Labute approximate surface area is 123 Å². The fourth-order valence-electron chi connectivity index (χ4n) is 2.98. The fourth-order valence-corrected chi connectivity index (χ4v) is 3.67. The summed E-state index contributed by atoms with van der Waals surface area (Å²) in [6.45, 7) is 6.32. The predicted octanol–water partition coefficient (Wildman–Crippen LogP) is 3.83. The molecule has 3 atom stereocenters. The molecule has 1 heterocycles. The summed E-state index contributed by atoms with van der Waals surface area (Å²) in [6.07, 6.45) is 1.24. The number of nitrogens with zero attached hydrogens (tertiary/aromatic N) is 1. The van der Waals surface area contributed by atoms with Crippen LogP contribution in [0.2, 0.25) is 5.02 Å². The van der Waals surface area contributed by atoms with E-state index < -0.39 is 0 Å². The van der Waals surface area contributed by atoms with Crippen molar-refractivity contribution in [3.05, 3.63) is 33.3 Å². The van der Waals surface area contributed by atoms with E-state index in [1.165, 1.54) is 12.0 Å². The summed E-state index contributed by atoms with van der Waals surface area (Å²) < 4.78 is 1.09. The lowest BCUT2D eigenvalue weighted by Crippen LogP contribution is -2.36. The minimum atomic E-state index is 0.248. The maximum absolute atomic E-state index is 6.11. The van der Waals surface area contributed by atoms with E-state index in [0.29, 0.717) is 12.6 Å². The van der Waals surface area contributed by atoms with E-state index >= 15 is 0 Å². The lowest BCUT2D eigenvalue weighted by Gasteiger charge is -2.31. The van der Waals surface area contributed by atoms with Crippen LogP contribution in [0.3, 0.4) is 0 Å². The standard InChI is InChI=1S/C14H20BrClN2/c1-9-5-10(2)18(8-9)14(7-17)12-6-11(16)3-4-13(12)15/h3-4,6,9-10,14H,5,7-8,17H2,1-2H3. The van der Waals surface area contributed by atoms with Crippen LogP contribution in [0.25, 0.3) is 0 Å². The van der Waals surface area contributed by atoms with Gasteiger partial charge in [-0.05, 0) is 43.0 Å². The van der Waals surface area contributed by atoms with Crippen molar-refractivity contribution in [1.82, 2.24) is 4.90 Å². The summed E-state index contributed by atoms with van der Waals surface area (Å²) in [6, 6.07) is 6.76. The number of halogens is 2. The lowest BCUT2D eigenvalue weighted by atomic mass is 10.0. The Balaban J connectivity index is 2.30. The number of likely N-dealkylation sites (tertiary alicyclic amines) is 1. The second-order valence-electron chi connectivity index (χ2n) is 5.30. The highest BCUT2D eigenvalue weighted by Crippen LogP contribution is 2.35. The second-order valence-corrected chi connectivity index (χ2v) is 6.59. The number of benzene rings is 1. The van der Waals surface area contributed by atoms with Crippen molar-refractivity contribution in [3.8, 4) is 0 Å². The molecule has 18 heavy (non-hydrogen) atoms. The van der Waals surface area contributed by atoms with E-state index in [1.54, 1.807) is 0 Å². The Kier molecular flexibility index (Phi) is 4.70. The molecule has 1 aromatic rings. The minimum Gasteiger partial charge on any atom is -0.329 e. The summed E-state index contributed by atoms with van der Waals surface area (Å²) in [4.78, 5) is 2.50. The summed E-state index contributed by atoms with van der Waals surface area (Å²) in [5, 5.41) is 0.770. The molecule has 2 rings (SSSR count). The van der Waals surface area contributed by atoms with Crippen LogP contribution in [0.15, 0.2) is 22.7 Å². The van der Waals surface area contributed by atoms with Crippen molar-refractivity contribution in [2.45, 2.75) is 32.4 Å². The minimum absolute atomic E-state index is 0.248. The Hall–Kier alpha value is -0.0900. The van der Waals surface area contributed by atoms with Gasteiger partial charge in [-0.2, -0.15) is 0 Å². The van der Waals surface area contributed by atoms with Gasteiger partial charge in [0, 0.05) is 34.7 Å². The molecule has 0 saturated carbocycles. The van der Waals surface area contributed by atoms with Gasteiger partial charge in [0.25, 0.3) is 0 Å². The normalized spacial score (nSPS) is 26.5. The van der Waals surface area contributed by atoms with Crippen molar-refractivity contribution < 1.29 is 0 Å². The third-order valence-electron chi connectivity index (χ3n) is 3.77. The average molecular weight is 332 g/mol. The molecule has 1 fully saturated rings. The third-order valence-corrected chi connectivity index (χ3v) is 4.73. The summed E-state index contributed by atoms with van der Waals surface area (Å²) >= 11 is 9.72. The first kappa shape index (κ1) is 14.3. The number of rotatable bonds is 3. The number of hydrogen-bond donors (Lipinski definition) is 1. The van der Waals surface area contributed by atoms with Gasteiger partial charge in [-0.3, -0.25) is 4.90 Å². The molecule has 0 radical (unpaired) electrons. The molecule has 0 amide bonds. The summed E-state index contributed by atoms with van der Waals surface area (Å²) in [5.41, 5.74) is 7.21. The van der Waals surface area contributed by atoms with E-state index in [-0.39, 0.29) is 6.04 Å². The Morgan fingerprint density at radius 1 is 1.50 bits per heavy atom. The maximum Gasteiger partial charge on any atom is 0.0485 e. The van der Waals surface area contributed by atoms with Gasteiger partial charge < -0.3 is 5.73 Å². The monoisotopic (exact) mass is 330 g/mol. The van der Waals surface area contributed by atoms with Crippen LogP contribution < -0.4 is 5.73 Å². The van der Waals surface area contributed by atoms with Gasteiger partial charge in [-0.25, -0.2) is 0 Å². The molecule has 3 unspecified atom stereocenters. The van der Waals surface area contributed by atoms with Gasteiger partial charge in [0.1, 0.15) is 0 Å². The van der Waals surface area contributed by atoms with E-state index in [1.807, 2.05) is 18.2 Å². The largest absolute Gasteiger partial charge is 0.329 e. The molecule has 1 aromatic carbocycles. The first-order chi connectivity index (χ1) is 8.52. The van der Waals surface area contributed by atoms with Gasteiger partial charge in [-0.1, -0.05) is 34.5 Å². The highest BCUT2D eigenvalue weighted by atomic mass is 79.9. The van der Waals surface area contributed by atoms with Gasteiger partial charge in [0.2, 0.25) is 0 Å². The van der Waals surface area contributed by atoms with Gasteiger partial charge in [-0.15, -0.1) is 0 Å². The van der Waals surface area contributed by atoms with Crippen molar-refractivity contribution in [2.75, 3.05) is 13.1 Å². The molecule has 2 N–H and O–H groups in total. The summed E-state index contributed by atoms with van der Waals surface area (Å²) in [7, 11) is 0. The molecule has 1 saturated heterocycles. The van der Waals surface area contributed by atoms with Crippen LogP contribution >= 0.6 is 27.5 Å². The van der Waals surface area contributed by atoms with E-state index in [4.69, 9.17) is 17.3 Å².